The van der Waals surface area contributed by atoms with Crippen molar-refractivity contribution in [1.82, 2.24) is 10.2 Å². The number of primary amides is 1. The van der Waals surface area contributed by atoms with Gasteiger partial charge in [-0.25, -0.2) is 0 Å². The summed E-state index contributed by atoms with van der Waals surface area (Å²) < 4.78 is 0. The number of hydrogen-bond donors (Lipinski definition) is 2. The minimum absolute atomic E-state index is 0.217. The van der Waals surface area contributed by atoms with E-state index in [-0.39, 0.29) is 5.91 Å². The number of nitrogens with two attached hydrogens (primary N) is 1. The van der Waals surface area contributed by atoms with Crippen LogP contribution in [0.15, 0.2) is 0 Å². The van der Waals surface area contributed by atoms with Crippen molar-refractivity contribution in [2.45, 2.75) is 64.0 Å². The molecule has 0 saturated heterocycles. The molecular weight excluding hydrogens is 226 g/mol. The zero-order valence-corrected chi connectivity index (χ0v) is 12.2. The van der Waals surface area contributed by atoms with Gasteiger partial charge in [0.15, 0.2) is 0 Å². The van der Waals surface area contributed by atoms with E-state index in [0.29, 0.717) is 6.04 Å². The van der Waals surface area contributed by atoms with Gasteiger partial charge in [0.05, 0.1) is 5.54 Å². The summed E-state index contributed by atoms with van der Waals surface area (Å²) >= 11 is 0. The van der Waals surface area contributed by atoms with Gasteiger partial charge in [0.25, 0.3) is 0 Å². The Labute approximate surface area is 111 Å². The third-order valence-corrected chi connectivity index (χ3v) is 3.75. The molecule has 1 atom stereocenters. The van der Waals surface area contributed by atoms with Crippen molar-refractivity contribution in [2.75, 3.05) is 20.1 Å². The Kier molecular flexibility index (Phi) is 6.09. The van der Waals surface area contributed by atoms with E-state index in [1.807, 2.05) is 6.92 Å². The van der Waals surface area contributed by atoms with Gasteiger partial charge in [0.2, 0.25) is 5.91 Å². The molecule has 0 aromatic heterocycles. The lowest BCUT2D eigenvalue weighted by Gasteiger charge is -2.28. The molecule has 1 aliphatic rings. The fourth-order valence-corrected chi connectivity index (χ4v) is 2.19. The molecule has 0 bridgehead atoms. The average molecular weight is 255 g/mol. The number of carbonyl (C=O) groups is 1. The lowest BCUT2D eigenvalue weighted by molar-refractivity contribution is -0.124. The number of carbonyl (C=O) groups excluding carboxylic acids is 1. The van der Waals surface area contributed by atoms with Crippen LogP contribution >= 0.6 is 0 Å². The van der Waals surface area contributed by atoms with Crippen LogP contribution in [-0.2, 0) is 4.79 Å². The average Bonchev–Trinajstić information content (AvgIpc) is 3.09. The standard InChI is InChI=1S/C14H29N3O/c1-4-5-10-17(3)11-6-9-14(2,13(15)18)16-12-7-8-12/h12,16H,4-11H2,1-3H3,(H2,15,18). The van der Waals surface area contributed by atoms with Gasteiger partial charge in [-0.05, 0) is 59.2 Å². The van der Waals surface area contributed by atoms with Gasteiger partial charge in [-0.15, -0.1) is 0 Å². The summed E-state index contributed by atoms with van der Waals surface area (Å²) in [5.41, 5.74) is 5.01. The molecule has 106 valence electrons. The highest BCUT2D eigenvalue weighted by Crippen LogP contribution is 2.24. The van der Waals surface area contributed by atoms with Crippen LogP contribution in [0.3, 0.4) is 0 Å². The van der Waals surface area contributed by atoms with Gasteiger partial charge in [0, 0.05) is 6.04 Å². The first-order valence-corrected chi connectivity index (χ1v) is 7.24. The Bertz CT molecular complexity index is 266. The highest BCUT2D eigenvalue weighted by atomic mass is 16.1. The Balaban J connectivity index is 2.26. The summed E-state index contributed by atoms with van der Waals surface area (Å²) in [6.07, 6.45) is 6.67. The van der Waals surface area contributed by atoms with Gasteiger partial charge in [-0.2, -0.15) is 0 Å². The predicted octanol–water partition coefficient (Wildman–Crippen LogP) is 1.49. The van der Waals surface area contributed by atoms with Crippen LogP contribution in [-0.4, -0.2) is 42.5 Å². The van der Waals surface area contributed by atoms with E-state index in [4.69, 9.17) is 5.73 Å². The van der Waals surface area contributed by atoms with Gasteiger partial charge in [-0.3, -0.25) is 4.79 Å². The van der Waals surface area contributed by atoms with Crippen LogP contribution in [0.4, 0.5) is 0 Å². The lowest BCUT2D eigenvalue weighted by Crippen LogP contribution is -2.54. The van der Waals surface area contributed by atoms with Crippen LogP contribution in [0.5, 0.6) is 0 Å². The van der Waals surface area contributed by atoms with E-state index >= 15 is 0 Å². The number of unbranched alkanes of at least 4 members (excludes halogenated alkanes) is 1. The zero-order valence-electron chi connectivity index (χ0n) is 12.2. The molecule has 1 saturated carbocycles. The molecule has 1 rings (SSSR count). The Morgan fingerprint density at radius 3 is 2.50 bits per heavy atom. The molecule has 18 heavy (non-hydrogen) atoms. The Hall–Kier alpha value is -0.610. The third-order valence-electron chi connectivity index (χ3n) is 3.75. The molecule has 3 N–H and O–H groups in total. The van der Waals surface area contributed by atoms with Crippen molar-refractivity contribution in [3.05, 3.63) is 0 Å². The predicted molar refractivity (Wildman–Crippen MR) is 75.4 cm³/mol. The maximum absolute atomic E-state index is 11.6. The molecule has 1 unspecified atom stereocenters. The second kappa shape index (κ2) is 7.10. The highest BCUT2D eigenvalue weighted by Gasteiger charge is 2.36. The van der Waals surface area contributed by atoms with Crippen molar-refractivity contribution in [2.24, 2.45) is 5.73 Å². The van der Waals surface area contributed by atoms with E-state index in [1.54, 1.807) is 0 Å². The van der Waals surface area contributed by atoms with Gasteiger partial charge < -0.3 is 16.0 Å². The SMILES string of the molecule is CCCCN(C)CCCC(C)(NC1CC1)C(N)=O. The minimum Gasteiger partial charge on any atom is -0.368 e. The molecule has 1 fully saturated rings. The number of hydrogen-bond acceptors (Lipinski definition) is 3. The fraction of sp³-hybridized carbons (Fsp3) is 0.929. The monoisotopic (exact) mass is 255 g/mol. The first-order valence-electron chi connectivity index (χ1n) is 7.24. The molecule has 0 radical (unpaired) electrons. The summed E-state index contributed by atoms with van der Waals surface area (Å²) in [4.78, 5) is 13.9. The second-order valence-electron chi connectivity index (χ2n) is 5.88. The van der Waals surface area contributed by atoms with E-state index < -0.39 is 5.54 Å². The molecule has 1 amide bonds. The largest absolute Gasteiger partial charge is 0.368 e. The maximum Gasteiger partial charge on any atom is 0.237 e. The number of rotatable bonds is 10. The highest BCUT2D eigenvalue weighted by molar-refractivity contribution is 5.84. The van der Waals surface area contributed by atoms with Crippen LogP contribution in [0.25, 0.3) is 0 Å². The molecule has 1 aliphatic carbocycles. The molecule has 0 heterocycles. The first kappa shape index (κ1) is 15.4. The summed E-state index contributed by atoms with van der Waals surface area (Å²) in [6.45, 7) is 6.33. The summed E-state index contributed by atoms with van der Waals surface area (Å²) in [7, 11) is 2.14. The molecule has 0 spiro atoms. The van der Waals surface area contributed by atoms with Crippen molar-refractivity contribution in [1.29, 1.82) is 0 Å². The van der Waals surface area contributed by atoms with Crippen LogP contribution in [0, 0.1) is 0 Å². The normalized spacial score (nSPS) is 18.9. The van der Waals surface area contributed by atoms with E-state index in [0.717, 1.165) is 25.9 Å². The molecule has 0 aromatic rings. The number of nitrogens with zero attached hydrogens (tertiary/aromatic N) is 1. The molecule has 0 aromatic carbocycles. The van der Waals surface area contributed by atoms with Crippen molar-refractivity contribution in [3.63, 3.8) is 0 Å². The van der Waals surface area contributed by atoms with Crippen molar-refractivity contribution < 1.29 is 4.79 Å². The molecular formula is C14H29N3O. The fourth-order valence-electron chi connectivity index (χ4n) is 2.19. The number of nitrogens with one attached hydrogen (secondary N) is 1. The smallest absolute Gasteiger partial charge is 0.237 e. The quantitative estimate of drug-likeness (QED) is 0.622. The van der Waals surface area contributed by atoms with E-state index in [2.05, 4.69) is 24.2 Å². The maximum atomic E-state index is 11.6. The third kappa shape index (κ3) is 5.36. The first-order chi connectivity index (χ1) is 8.48. The van der Waals surface area contributed by atoms with Crippen molar-refractivity contribution >= 4 is 5.91 Å². The zero-order chi connectivity index (χ0) is 13.6. The summed E-state index contributed by atoms with van der Waals surface area (Å²) in [5, 5.41) is 3.39. The van der Waals surface area contributed by atoms with Crippen LogP contribution < -0.4 is 11.1 Å². The second-order valence-corrected chi connectivity index (χ2v) is 5.88. The van der Waals surface area contributed by atoms with Crippen molar-refractivity contribution in [3.8, 4) is 0 Å². The minimum atomic E-state index is -0.521. The topological polar surface area (TPSA) is 58.4 Å². The number of amides is 1. The summed E-state index contributed by atoms with van der Waals surface area (Å²) in [5.74, 6) is -0.217. The molecule has 0 aliphatic heterocycles. The van der Waals surface area contributed by atoms with Crippen LogP contribution in [0.2, 0.25) is 0 Å². The van der Waals surface area contributed by atoms with Gasteiger partial charge in [0.1, 0.15) is 0 Å². The van der Waals surface area contributed by atoms with Gasteiger partial charge in [-0.1, -0.05) is 13.3 Å². The summed E-state index contributed by atoms with van der Waals surface area (Å²) in [6, 6.07) is 0.514. The Morgan fingerprint density at radius 1 is 1.39 bits per heavy atom. The van der Waals surface area contributed by atoms with Crippen LogP contribution in [0.1, 0.15) is 52.4 Å². The van der Waals surface area contributed by atoms with E-state index in [9.17, 15) is 4.79 Å². The molecule has 4 nitrogen and oxygen atoms in total. The molecule has 4 heteroatoms. The van der Waals surface area contributed by atoms with E-state index in [1.165, 1.54) is 25.7 Å². The van der Waals surface area contributed by atoms with Gasteiger partial charge >= 0.3 is 0 Å². The lowest BCUT2D eigenvalue weighted by atomic mass is 9.94. The Morgan fingerprint density at radius 2 is 2.00 bits per heavy atom.